The zero-order chi connectivity index (χ0) is 13.1. The molecule has 0 bridgehead atoms. The van der Waals surface area contributed by atoms with Crippen molar-refractivity contribution in [3.8, 4) is 0 Å². The van der Waals surface area contributed by atoms with Crippen LogP contribution in [0, 0.1) is 10.1 Å². The lowest BCUT2D eigenvalue weighted by Crippen LogP contribution is -2.13. The number of carbonyl (C=O) groups is 1. The Morgan fingerprint density at radius 2 is 2.17 bits per heavy atom. The second-order valence-electron chi connectivity index (χ2n) is 3.18. The molecule has 2 rings (SSSR count). The van der Waals surface area contributed by atoms with Gasteiger partial charge >= 0.3 is 0 Å². The molecule has 0 saturated heterocycles. The van der Waals surface area contributed by atoms with Crippen molar-refractivity contribution in [1.29, 1.82) is 0 Å². The van der Waals surface area contributed by atoms with Gasteiger partial charge in [-0.25, -0.2) is 9.97 Å². The van der Waals surface area contributed by atoms with Gasteiger partial charge < -0.3 is 10.3 Å². The summed E-state index contributed by atoms with van der Waals surface area (Å²) in [6, 6.07) is 1.11. The summed E-state index contributed by atoms with van der Waals surface area (Å²) >= 11 is 5.70. The SMILES string of the molecule is O=C(Nc1nccnc1Cl)c1cc([N+](=O)[O-])c[nH]1. The molecule has 92 valence electrons. The van der Waals surface area contributed by atoms with E-state index in [2.05, 4.69) is 20.3 Å². The second-order valence-corrected chi connectivity index (χ2v) is 3.54. The lowest BCUT2D eigenvalue weighted by molar-refractivity contribution is -0.384. The third kappa shape index (κ3) is 2.43. The van der Waals surface area contributed by atoms with Crippen LogP contribution in [0.2, 0.25) is 5.15 Å². The molecular formula is C9H6ClN5O3. The molecule has 1 amide bonds. The maximum atomic E-state index is 11.7. The molecule has 2 N–H and O–H groups in total. The molecule has 0 radical (unpaired) electrons. The Labute approximate surface area is 105 Å². The Morgan fingerprint density at radius 3 is 2.78 bits per heavy atom. The van der Waals surface area contributed by atoms with E-state index >= 15 is 0 Å². The first-order valence-electron chi connectivity index (χ1n) is 4.68. The number of nitro groups is 1. The van der Waals surface area contributed by atoms with Crippen molar-refractivity contribution in [2.24, 2.45) is 0 Å². The quantitative estimate of drug-likeness (QED) is 0.648. The molecule has 2 heterocycles. The molecule has 2 aromatic heterocycles. The summed E-state index contributed by atoms with van der Waals surface area (Å²) in [4.78, 5) is 31.6. The van der Waals surface area contributed by atoms with Gasteiger partial charge in [-0.05, 0) is 0 Å². The summed E-state index contributed by atoms with van der Waals surface area (Å²) in [6.45, 7) is 0. The molecule has 0 aliphatic rings. The minimum Gasteiger partial charge on any atom is -0.351 e. The van der Waals surface area contributed by atoms with Crippen molar-refractivity contribution in [1.82, 2.24) is 15.0 Å². The zero-order valence-corrected chi connectivity index (χ0v) is 9.51. The number of aromatic amines is 1. The molecular weight excluding hydrogens is 262 g/mol. The fourth-order valence-corrected chi connectivity index (χ4v) is 1.35. The lowest BCUT2D eigenvalue weighted by atomic mass is 10.4. The fourth-order valence-electron chi connectivity index (χ4n) is 1.20. The van der Waals surface area contributed by atoms with E-state index in [4.69, 9.17) is 11.6 Å². The number of hydrogen-bond acceptors (Lipinski definition) is 5. The third-order valence-electron chi connectivity index (χ3n) is 2.01. The van der Waals surface area contributed by atoms with Crippen LogP contribution in [0.1, 0.15) is 10.5 Å². The first-order chi connectivity index (χ1) is 8.58. The highest BCUT2D eigenvalue weighted by Gasteiger charge is 2.15. The molecule has 0 saturated carbocycles. The fraction of sp³-hybridized carbons (Fsp3) is 0. The lowest BCUT2D eigenvalue weighted by Gasteiger charge is -2.02. The minimum atomic E-state index is -0.609. The number of hydrogen-bond donors (Lipinski definition) is 2. The van der Waals surface area contributed by atoms with E-state index < -0.39 is 10.8 Å². The van der Waals surface area contributed by atoms with Crippen LogP contribution in [0.4, 0.5) is 11.5 Å². The van der Waals surface area contributed by atoms with E-state index in [0.717, 1.165) is 12.3 Å². The summed E-state index contributed by atoms with van der Waals surface area (Å²) in [5.41, 5.74) is -0.172. The average Bonchev–Trinajstić information content (AvgIpc) is 2.81. The largest absolute Gasteiger partial charge is 0.351 e. The summed E-state index contributed by atoms with van der Waals surface area (Å²) in [7, 11) is 0. The number of H-pyrrole nitrogens is 1. The molecule has 0 unspecified atom stereocenters. The van der Waals surface area contributed by atoms with Crippen LogP contribution in [-0.4, -0.2) is 25.8 Å². The van der Waals surface area contributed by atoms with Crippen molar-refractivity contribution in [3.05, 3.63) is 45.6 Å². The van der Waals surface area contributed by atoms with Gasteiger partial charge in [0.1, 0.15) is 5.69 Å². The Bertz CT molecular complexity index is 612. The first kappa shape index (κ1) is 12.0. The van der Waals surface area contributed by atoms with Crippen molar-refractivity contribution in [3.63, 3.8) is 0 Å². The molecule has 0 aromatic carbocycles. The van der Waals surface area contributed by atoms with Gasteiger partial charge in [-0.1, -0.05) is 11.6 Å². The number of aromatic nitrogens is 3. The van der Waals surface area contributed by atoms with Crippen molar-refractivity contribution >= 4 is 29.0 Å². The van der Waals surface area contributed by atoms with E-state index in [1.807, 2.05) is 0 Å². The highest BCUT2D eigenvalue weighted by molar-refractivity contribution is 6.32. The molecule has 0 fully saturated rings. The van der Waals surface area contributed by atoms with Crippen LogP contribution < -0.4 is 5.32 Å². The number of carbonyl (C=O) groups excluding carboxylic acids is 1. The summed E-state index contributed by atoms with van der Waals surface area (Å²) in [5.74, 6) is -0.507. The molecule has 0 spiro atoms. The van der Waals surface area contributed by atoms with E-state index in [0.29, 0.717) is 0 Å². The highest BCUT2D eigenvalue weighted by atomic mass is 35.5. The maximum absolute atomic E-state index is 11.7. The monoisotopic (exact) mass is 267 g/mol. The van der Waals surface area contributed by atoms with Crippen LogP contribution in [-0.2, 0) is 0 Å². The number of rotatable bonds is 3. The Balaban J connectivity index is 2.17. The highest BCUT2D eigenvalue weighted by Crippen LogP contribution is 2.17. The van der Waals surface area contributed by atoms with Gasteiger partial charge in [0.05, 0.1) is 11.1 Å². The van der Waals surface area contributed by atoms with Gasteiger partial charge in [0, 0.05) is 18.5 Å². The van der Waals surface area contributed by atoms with Crippen molar-refractivity contribution < 1.29 is 9.72 Å². The van der Waals surface area contributed by atoms with E-state index in [-0.39, 0.29) is 22.4 Å². The Hall–Kier alpha value is -2.48. The van der Waals surface area contributed by atoms with Gasteiger partial charge in [-0.3, -0.25) is 14.9 Å². The zero-order valence-electron chi connectivity index (χ0n) is 8.75. The third-order valence-corrected chi connectivity index (χ3v) is 2.29. The summed E-state index contributed by atoms with van der Waals surface area (Å²) < 4.78 is 0. The van der Waals surface area contributed by atoms with Crippen molar-refractivity contribution in [2.75, 3.05) is 5.32 Å². The molecule has 0 aliphatic heterocycles. The van der Waals surface area contributed by atoms with Gasteiger partial charge in [0.2, 0.25) is 0 Å². The standard InChI is InChI=1S/C9H6ClN5O3/c10-7-8(12-2-1-11-7)14-9(16)6-3-5(4-13-6)15(17)18/h1-4,13H,(H,12,14,16). The maximum Gasteiger partial charge on any atom is 0.287 e. The van der Waals surface area contributed by atoms with Crippen molar-refractivity contribution in [2.45, 2.75) is 0 Å². The van der Waals surface area contributed by atoms with Crippen LogP contribution in [0.15, 0.2) is 24.7 Å². The topological polar surface area (TPSA) is 114 Å². The molecule has 8 nitrogen and oxygen atoms in total. The smallest absolute Gasteiger partial charge is 0.287 e. The molecule has 0 atom stereocenters. The number of halogens is 1. The normalized spacial score (nSPS) is 10.1. The Morgan fingerprint density at radius 1 is 1.44 bits per heavy atom. The summed E-state index contributed by atoms with van der Waals surface area (Å²) in [5, 5.41) is 12.9. The number of nitrogens with one attached hydrogen (secondary N) is 2. The van der Waals surface area contributed by atoms with Crippen LogP contribution in [0.25, 0.3) is 0 Å². The number of amides is 1. The molecule has 18 heavy (non-hydrogen) atoms. The number of nitrogens with zero attached hydrogens (tertiary/aromatic N) is 3. The van der Waals surface area contributed by atoms with E-state index in [1.165, 1.54) is 12.4 Å². The number of anilines is 1. The molecule has 0 aliphatic carbocycles. The average molecular weight is 268 g/mol. The van der Waals surface area contributed by atoms with Crippen LogP contribution >= 0.6 is 11.6 Å². The first-order valence-corrected chi connectivity index (χ1v) is 5.06. The van der Waals surface area contributed by atoms with Crippen LogP contribution in [0.3, 0.4) is 0 Å². The van der Waals surface area contributed by atoms with Crippen LogP contribution in [0.5, 0.6) is 0 Å². The molecule has 9 heteroatoms. The predicted octanol–water partition coefficient (Wildman–Crippen LogP) is 1.62. The Kier molecular flexibility index (Phi) is 3.20. The predicted molar refractivity (Wildman–Crippen MR) is 62.4 cm³/mol. The van der Waals surface area contributed by atoms with E-state index in [9.17, 15) is 14.9 Å². The molecule has 2 aromatic rings. The van der Waals surface area contributed by atoms with Gasteiger partial charge in [0.25, 0.3) is 11.6 Å². The minimum absolute atomic E-state index is 0.0309. The van der Waals surface area contributed by atoms with Gasteiger partial charge in [0.15, 0.2) is 11.0 Å². The second kappa shape index (κ2) is 4.80. The van der Waals surface area contributed by atoms with Gasteiger partial charge in [-0.15, -0.1) is 0 Å². The van der Waals surface area contributed by atoms with E-state index in [1.54, 1.807) is 0 Å². The van der Waals surface area contributed by atoms with Gasteiger partial charge in [-0.2, -0.15) is 0 Å². The summed E-state index contributed by atoms with van der Waals surface area (Å²) in [6.07, 6.45) is 3.85.